The van der Waals surface area contributed by atoms with E-state index in [-0.39, 0.29) is 11.7 Å². The Labute approximate surface area is 158 Å². The zero-order valence-electron chi connectivity index (χ0n) is 12.3. The standard InChI is InChI=1S/C17H12Cl2N2OS2/c18-12-6-7-15(13(19)8-12)23-10-16(22)21-17-20-14(9-24-17)11-4-2-1-3-5-11/h1-9H,10H2,(H,20,21,22). The highest BCUT2D eigenvalue weighted by molar-refractivity contribution is 8.00. The molecular weight excluding hydrogens is 383 g/mol. The number of carbonyl (C=O) groups excluding carboxylic acids is 1. The maximum atomic E-state index is 12.1. The van der Waals surface area contributed by atoms with Crippen molar-refractivity contribution >= 4 is 57.3 Å². The fraction of sp³-hybridized carbons (Fsp3) is 0.0588. The van der Waals surface area contributed by atoms with E-state index in [0.29, 0.717) is 15.2 Å². The van der Waals surface area contributed by atoms with Crippen LogP contribution in [0.1, 0.15) is 0 Å². The smallest absolute Gasteiger partial charge is 0.236 e. The number of halogens is 2. The lowest BCUT2D eigenvalue weighted by Gasteiger charge is -2.04. The van der Waals surface area contributed by atoms with Gasteiger partial charge in [-0.2, -0.15) is 0 Å². The molecule has 0 aliphatic heterocycles. The number of nitrogens with one attached hydrogen (secondary N) is 1. The van der Waals surface area contributed by atoms with Crippen molar-refractivity contribution in [3.05, 3.63) is 64.0 Å². The van der Waals surface area contributed by atoms with Crippen molar-refractivity contribution in [2.75, 3.05) is 11.1 Å². The highest BCUT2D eigenvalue weighted by Crippen LogP contribution is 2.30. The van der Waals surface area contributed by atoms with Gasteiger partial charge in [-0.25, -0.2) is 4.98 Å². The SMILES string of the molecule is O=C(CSc1ccc(Cl)cc1Cl)Nc1nc(-c2ccccc2)cs1. The Bertz CT molecular complexity index is 853. The Hall–Kier alpha value is -1.53. The van der Waals surface area contributed by atoms with Crippen molar-refractivity contribution in [3.8, 4) is 11.3 Å². The molecule has 0 saturated carbocycles. The van der Waals surface area contributed by atoms with Crippen LogP contribution in [-0.4, -0.2) is 16.6 Å². The predicted molar refractivity (Wildman–Crippen MR) is 103 cm³/mol. The molecule has 3 rings (SSSR count). The van der Waals surface area contributed by atoms with Crippen LogP contribution in [0, 0.1) is 0 Å². The van der Waals surface area contributed by atoms with Crippen LogP contribution in [0.15, 0.2) is 58.8 Å². The highest BCUT2D eigenvalue weighted by Gasteiger charge is 2.10. The molecule has 0 spiro atoms. The van der Waals surface area contributed by atoms with Gasteiger partial charge in [-0.3, -0.25) is 4.79 Å². The van der Waals surface area contributed by atoms with Gasteiger partial charge in [-0.05, 0) is 18.2 Å². The summed E-state index contributed by atoms with van der Waals surface area (Å²) in [5, 5.41) is 6.44. The van der Waals surface area contributed by atoms with Gasteiger partial charge in [0.2, 0.25) is 5.91 Å². The number of carbonyl (C=O) groups is 1. The average Bonchev–Trinajstić information content (AvgIpc) is 3.03. The van der Waals surface area contributed by atoms with Gasteiger partial charge in [-0.1, -0.05) is 53.5 Å². The summed E-state index contributed by atoms with van der Waals surface area (Å²) in [6.07, 6.45) is 0. The van der Waals surface area contributed by atoms with Crippen LogP contribution in [-0.2, 0) is 4.79 Å². The third kappa shape index (κ3) is 4.51. The predicted octanol–water partition coefficient (Wildman–Crippen LogP) is 5.85. The number of rotatable bonds is 5. The summed E-state index contributed by atoms with van der Waals surface area (Å²) in [6.45, 7) is 0. The molecule has 3 aromatic rings. The second-order valence-electron chi connectivity index (χ2n) is 4.82. The van der Waals surface area contributed by atoms with Crippen LogP contribution in [0.3, 0.4) is 0 Å². The normalized spacial score (nSPS) is 10.6. The van der Waals surface area contributed by atoms with Gasteiger partial charge in [-0.15, -0.1) is 23.1 Å². The van der Waals surface area contributed by atoms with Gasteiger partial charge >= 0.3 is 0 Å². The number of hydrogen-bond acceptors (Lipinski definition) is 4. The van der Waals surface area contributed by atoms with Crippen LogP contribution in [0.2, 0.25) is 10.0 Å². The van der Waals surface area contributed by atoms with E-state index in [1.165, 1.54) is 23.1 Å². The largest absolute Gasteiger partial charge is 0.301 e. The number of aromatic nitrogens is 1. The van der Waals surface area contributed by atoms with E-state index in [2.05, 4.69) is 10.3 Å². The number of nitrogens with zero attached hydrogens (tertiary/aromatic N) is 1. The Morgan fingerprint density at radius 3 is 2.71 bits per heavy atom. The van der Waals surface area contributed by atoms with E-state index >= 15 is 0 Å². The Balaban J connectivity index is 1.58. The molecule has 0 fully saturated rings. The van der Waals surface area contributed by atoms with Gasteiger partial charge in [0.15, 0.2) is 5.13 Å². The molecule has 3 nitrogen and oxygen atoms in total. The van der Waals surface area contributed by atoms with Crippen molar-refractivity contribution in [3.63, 3.8) is 0 Å². The molecule has 1 amide bonds. The highest BCUT2D eigenvalue weighted by atomic mass is 35.5. The molecule has 0 saturated heterocycles. The Morgan fingerprint density at radius 2 is 1.96 bits per heavy atom. The van der Waals surface area contributed by atoms with Crippen molar-refractivity contribution in [1.29, 1.82) is 0 Å². The quantitative estimate of drug-likeness (QED) is 0.551. The molecule has 122 valence electrons. The maximum absolute atomic E-state index is 12.1. The molecule has 0 atom stereocenters. The molecule has 0 unspecified atom stereocenters. The fourth-order valence-electron chi connectivity index (χ4n) is 1.96. The van der Waals surface area contributed by atoms with E-state index in [9.17, 15) is 4.79 Å². The first-order chi connectivity index (χ1) is 11.6. The monoisotopic (exact) mass is 394 g/mol. The summed E-state index contributed by atoms with van der Waals surface area (Å²) >= 11 is 14.7. The molecule has 0 aliphatic rings. The second kappa shape index (κ2) is 8.03. The minimum atomic E-state index is -0.125. The molecular formula is C17H12Cl2N2OS2. The second-order valence-corrected chi connectivity index (χ2v) is 7.53. The number of hydrogen-bond donors (Lipinski definition) is 1. The van der Waals surface area contributed by atoms with Crippen LogP contribution in [0.25, 0.3) is 11.3 Å². The Morgan fingerprint density at radius 1 is 1.17 bits per heavy atom. The van der Waals surface area contributed by atoms with E-state index < -0.39 is 0 Å². The van der Waals surface area contributed by atoms with Crippen molar-refractivity contribution < 1.29 is 4.79 Å². The number of anilines is 1. The van der Waals surface area contributed by atoms with Gasteiger partial charge in [0, 0.05) is 20.9 Å². The first kappa shape index (κ1) is 17.3. The van der Waals surface area contributed by atoms with Crippen LogP contribution in [0.5, 0.6) is 0 Å². The van der Waals surface area contributed by atoms with Crippen molar-refractivity contribution in [2.45, 2.75) is 4.90 Å². The number of thiazole rings is 1. The summed E-state index contributed by atoms with van der Waals surface area (Å²) in [6, 6.07) is 15.1. The molecule has 7 heteroatoms. The molecule has 1 aromatic heterocycles. The molecule has 1 N–H and O–H groups in total. The lowest BCUT2D eigenvalue weighted by atomic mass is 10.2. The van der Waals surface area contributed by atoms with E-state index in [1.54, 1.807) is 18.2 Å². The fourth-order valence-corrected chi connectivity index (χ4v) is 3.99. The summed E-state index contributed by atoms with van der Waals surface area (Å²) in [5.74, 6) is 0.127. The molecule has 0 bridgehead atoms. The topological polar surface area (TPSA) is 42.0 Å². The maximum Gasteiger partial charge on any atom is 0.236 e. The van der Waals surface area contributed by atoms with E-state index in [0.717, 1.165) is 16.2 Å². The van der Waals surface area contributed by atoms with Crippen LogP contribution in [0.4, 0.5) is 5.13 Å². The number of thioether (sulfide) groups is 1. The third-order valence-corrected chi connectivity index (χ3v) is 5.56. The Kier molecular flexibility index (Phi) is 5.79. The zero-order valence-corrected chi connectivity index (χ0v) is 15.5. The van der Waals surface area contributed by atoms with Crippen molar-refractivity contribution in [2.24, 2.45) is 0 Å². The first-order valence-corrected chi connectivity index (χ1v) is 9.62. The van der Waals surface area contributed by atoms with Gasteiger partial charge in [0.05, 0.1) is 16.5 Å². The lowest BCUT2D eigenvalue weighted by Crippen LogP contribution is -2.13. The zero-order chi connectivity index (χ0) is 16.9. The van der Waals surface area contributed by atoms with Crippen LogP contribution < -0.4 is 5.32 Å². The average molecular weight is 395 g/mol. The molecule has 2 aromatic carbocycles. The minimum absolute atomic E-state index is 0.125. The minimum Gasteiger partial charge on any atom is -0.301 e. The number of amides is 1. The summed E-state index contributed by atoms with van der Waals surface area (Å²) in [7, 11) is 0. The summed E-state index contributed by atoms with van der Waals surface area (Å²) < 4.78 is 0. The lowest BCUT2D eigenvalue weighted by molar-refractivity contribution is -0.113. The van der Waals surface area contributed by atoms with E-state index in [4.69, 9.17) is 23.2 Å². The van der Waals surface area contributed by atoms with Gasteiger partial charge < -0.3 is 5.32 Å². The number of benzene rings is 2. The molecule has 0 aliphatic carbocycles. The summed E-state index contributed by atoms with van der Waals surface area (Å²) in [4.78, 5) is 17.3. The van der Waals surface area contributed by atoms with Gasteiger partial charge in [0.25, 0.3) is 0 Å². The van der Waals surface area contributed by atoms with Crippen LogP contribution >= 0.6 is 46.3 Å². The summed E-state index contributed by atoms with van der Waals surface area (Å²) in [5.41, 5.74) is 1.88. The first-order valence-electron chi connectivity index (χ1n) is 7.00. The third-order valence-electron chi connectivity index (χ3n) is 3.07. The van der Waals surface area contributed by atoms with Crippen molar-refractivity contribution in [1.82, 2.24) is 4.98 Å². The molecule has 1 heterocycles. The molecule has 24 heavy (non-hydrogen) atoms. The van der Waals surface area contributed by atoms with E-state index in [1.807, 2.05) is 35.7 Å². The van der Waals surface area contributed by atoms with Gasteiger partial charge in [0.1, 0.15) is 0 Å². The molecule has 0 radical (unpaired) electrons.